The van der Waals surface area contributed by atoms with Crippen molar-refractivity contribution >= 4 is 0 Å². The lowest BCUT2D eigenvalue weighted by molar-refractivity contribution is 0.623. The van der Waals surface area contributed by atoms with Gasteiger partial charge in [-0.2, -0.15) is 5.10 Å². The number of rotatable bonds is 1. The summed E-state index contributed by atoms with van der Waals surface area (Å²) in [5.74, 6) is 0. The van der Waals surface area contributed by atoms with Crippen LogP contribution in [0.2, 0.25) is 0 Å². The Morgan fingerprint density at radius 3 is 2.88 bits per heavy atom. The summed E-state index contributed by atoms with van der Waals surface area (Å²) in [5, 5.41) is 7.84. The molecule has 0 spiro atoms. The van der Waals surface area contributed by atoms with E-state index in [9.17, 15) is 0 Å². The van der Waals surface area contributed by atoms with Crippen molar-refractivity contribution in [2.24, 2.45) is 0 Å². The molecule has 1 aromatic heterocycles. The van der Waals surface area contributed by atoms with Gasteiger partial charge < -0.3 is 5.32 Å². The molecule has 0 unspecified atom stereocenters. The van der Waals surface area contributed by atoms with Crippen molar-refractivity contribution in [2.45, 2.75) is 19.9 Å². The van der Waals surface area contributed by atoms with Gasteiger partial charge in [0.1, 0.15) is 0 Å². The van der Waals surface area contributed by atoms with Crippen LogP contribution in [0.25, 0.3) is 5.69 Å². The Kier molecular flexibility index (Phi) is 2.26. The molecule has 2 heterocycles. The molecule has 0 fully saturated rings. The van der Waals surface area contributed by atoms with Gasteiger partial charge in [-0.25, -0.2) is 4.68 Å². The third-order valence-corrected chi connectivity index (χ3v) is 3.09. The SMILES string of the molecule is Cc1ccc(-n2ncc3c2CCNC3)cc1. The second-order valence-electron chi connectivity index (χ2n) is 4.29. The fourth-order valence-corrected chi connectivity index (χ4v) is 2.16. The van der Waals surface area contributed by atoms with E-state index in [4.69, 9.17) is 0 Å². The standard InChI is InChI=1S/C13H15N3/c1-10-2-4-12(5-3-10)16-13-6-7-14-8-11(13)9-15-16/h2-5,9,14H,6-8H2,1H3. The summed E-state index contributed by atoms with van der Waals surface area (Å²) in [4.78, 5) is 0. The molecule has 1 N–H and O–H groups in total. The van der Waals surface area contributed by atoms with E-state index in [1.54, 1.807) is 0 Å². The first-order valence-electron chi connectivity index (χ1n) is 5.68. The predicted octanol–water partition coefficient (Wildman–Crippen LogP) is 1.83. The number of aromatic nitrogens is 2. The van der Waals surface area contributed by atoms with Crippen molar-refractivity contribution in [3.8, 4) is 5.69 Å². The first-order valence-corrected chi connectivity index (χ1v) is 5.68. The molecule has 0 atom stereocenters. The molecule has 0 radical (unpaired) electrons. The van der Waals surface area contributed by atoms with E-state index in [1.165, 1.54) is 16.8 Å². The number of hydrogen-bond acceptors (Lipinski definition) is 2. The number of nitrogens with zero attached hydrogens (tertiary/aromatic N) is 2. The van der Waals surface area contributed by atoms with Gasteiger partial charge in [0, 0.05) is 30.8 Å². The van der Waals surface area contributed by atoms with E-state index in [2.05, 4.69) is 46.3 Å². The topological polar surface area (TPSA) is 29.9 Å². The van der Waals surface area contributed by atoms with Gasteiger partial charge >= 0.3 is 0 Å². The molecule has 16 heavy (non-hydrogen) atoms. The van der Waals surface area contributed by atoms with Gasteiger partial charge in [-0.15, -0.1) is 0 Å². The van der Waals surface area contributed by atoms with Gasteiger partial charge in [0.05, 0.1) is 11.9 Å². The van der Waals surface area contributed by atoms with Crippen LogP contribution in [0.4, 0.5) is 0 Å². The molecular formula is C13H15N3. The van der Waals surface area contributed by atoms with Crippen LogP contribution in [-0.2, 0) is 13.0 Å². The lowest BCUT2D eigenvalue weighted by Gasteiger charge is -2.15. The third kappa shape index (κ3) is 1.53. The molecule has 1 aliphatic heterocycles. The molecule has 0 amide bonds. The molecule has 82 valence electrons. The Bertz CT molecular complexity index is 496. The molecule has 3 rings (SSSR count). The molecular weight excluding hydrogens is 198 g/mol. The molecule has 1 aromatic carbocycles. The molecule has 1 aliphatic rings. The number of benzene rings is 1. The Morgan fingerprint density at radius 1 is 1.25 bits per heavy atom. The van der Waals surface area contributed by atoms with Crippen LogP contribution in [0.15, 0.2) is 30.5 Å². The highest BCUT2D eigenvalue weighted by molar-refractivity contribution is 5.37. The van der Waals surface area contributed by atoms with Gasteiger partial charge in [0.25, 0.3) is 0 Å². The maximum absolute atomic E-state index is 4.47. The normalized spacial score (nSPS) is 14.8. The molecule has 3 nitrogen and oxygen atoms in total. The zero-order valence-electron chi connectivity index (χ0n) is 9.40. The minimum absolute atomic E-state index is 0.946. The van der Waals surface area contributed by atoms with E-state index in [-0.39, 0.29) is 0 Å². The van der Waals surface area contributed by atoms with E-state index in [0.29, 0.717) is 0 Å². The number of aryl methyl sites for hydroxylation is 1. The zero-order chi connectivity index (χ0) is 11.0. The Labute approximate surface area is 95.1 Å². The Morgan fingerprint density at radius 2 is 2.06 bits per heavy atom. The summed E-state index contributed by atoms with van der Waals surface area (Å²) in [6, 6.07) is 8.52. The lowest BCUT2D eigenvalue weighted by atomic mass is 10.1. The Hall–Kier alpha value is -1.61. The van der Waals surface area contributed by atoms with Crippen molar-refractivity contribution in [3.05, 3.63) is 47.3 Å². The molecule has 3 heteroatoms. The van der Waals surface area contributed by atoms with Crippen LogP contribution >= 0.6 is 0 Å². The van der Waals surface area contributed by atoms with E-state index < -0.39 is 0 Å². The highest BCUT2D eigenvalue weighted by Gasteiger charge is 2.15. The predicted molar refractivity (Wildman–Crippen MR) is 63.7 cm³/mol. The second kappa shape index (κ2) is 3.76. The molecule has 2 aromatic rings. The van der Waals surface area contributed by atoms with Crippen LogP contribution in [0.3, 0.4) is 0 Å². The fourth-order valence-electron chi connectivity index (χ4n) is 2.16. The molecule has 0 saturated heterocycles. The third-order valence-electron chi connectivity index (χ3n) is 3.09. The van der Waals surface area contributed by atoms with Crippen LogP contribution in [0.5, 0.6) is 0 Å². The monoisotopic (exact) mass is 213 g/mol. The van der Waals surface area contributed by atoms with Crippen molar-refractivity contribution < 1.29 is 0 Å². The van der Waals surface area contributed by atoms with Gasteiger partial charge in [0.15, 0.2) is 0 Å². The van der Waals surface area contributed by atoms with Gasteiger partial charge in [-0.1, -0.05) is 17.7 Å². The van der Waals surface area contributed by atoms with Gasteiger partial charge in [0.2, 0.25) is 0 Å². The van der Waals surface area contributed by atoms with Gasteiger partial charge in [-0.05, 0) is 19.1 Å². The van der Waals surface area contributed by atoms with E-state index >= 15 is 0 Å². The minimum atomic E-state index is 0.946. The summed E-state index contributed by atoms with van der Waals surface area (Å²) in [6.45, 7) is 4.10. The summed E-state index contributed by atoms with van der Waals surface area (Å²) in [5.41, 5.74) is 5.12. The minimum Gasteiger partial charge on any atom is -0.312 e. The second-order valence-corrected chi connectivity index (χ2v) is 4.29. The van der Waals surface area contributed by atoms with E-state index in [1.807, 2.05) is 6.20 Å². The molecule has 0 bridgehead atoms. The number of fused-ring (bicyclic) bond motifs is 1. The summed E-state index contributed by atoms with van der Waals surface area (Å²) in [7, 11) is 0. The molecule has 0 aliphatic carbocycles. The largest absolute Gasteiger partial charge is 0.312 e. The van der Waals surface area contributed by atoms with Crippen molar-refractivity contribution in [3.63, 3.8) is 0 Å². The first-order chi connectivity index (χ1) is 7.84. The zero-order valence-corrected chi connectivity index (χ0v) is 9.40. The fraction of sp³-hybridized carbons (Fsp3) is 0.308. The van der Waals surface area contributed by atoms with Crippen LogP contribution in [-0.4, -0.2) is 16.3 Å². The van der Waals surface area contributed by atoms with Crippen molar-refractivity contribution in [1.29, 1.82) is 0 Å². The number of hydrogen-bond donors (Lipinski definition) is 1. The van der Waals surface area contributed by atoms with Crippen LogP contribution in [0, 0.1) is 6.92 Å². The van der Waals surface area contributed by atoms with Gasteiger partial charge in [-0.3, -0.25) is 0 Å². The van der Waals surface area contributed by atoms with Crippen molar-refractivity contribution in [2.75, 3.05) is 6.54 Å². The van der Waals surface area contributed by atoms with Crippen molar-refractivity contribution in [1.82, 2.24) is 15.1 Å². The maximum atomic E-state index is 4.47. The number of nitrogens with one attached hydrogen (secondary N) is 1. The summed E-state index contributed by atoms with van der Waals surface area (Å²) >= 11 is 0. The van der Waals surface area contributed by atoms with Crippen LogP contribution < -0.4 is 5.32 Å². The quantitative estimate of drug-likeness (QED) is 0.783. The smallest absolute Gasteiger partial charge is 0.0649 e. The first kappa shape index (κ1) is 9.60. The summed E-state index contributed by atoms with van der Waals surface area (Å²) in [6.07, 6.45) is 3.03. The van der Waals surface area contributed by atoms with E-state index in [0.717, 1.165) is 25.2 Å². The molecule has 0 saturated carbocycles. The average Bonchev–Trinajstić information content (AvgIpc) is 2.74. The lowest BCUT2D eigenvalue weighted by Crippen LogP contribution is -2.24. The Balaban J connectivity index is 2.06. The summed E-state index contributed by atoms with van der Waals surface area (Å²) < 4.78 is 2.07. The van der Waals surface area contributed by atoms with Crippen LogP contribution in [0.1, 0.15) is 16.8 Å². The maximum Gasteiger partial charge on any atom is 0.0649 e. The average molecular weight is 213 g/mol. The highest BCUT2D eigenvalue weighted by Crippen LogP contribution is 2.18. The highest BCUT2D eigenvalue weighted by atomic mass is 15.3.